The number of nitrogens with two attached hydrogens (primary N) is 3. The minimum absolute atomic E-state index is 0.0581. The van der Waals surface area contributed by atoms with Crippen molar-refractivity contribution in [1.82, 2.24) is 20.4 Å². The summed E-state index contributed by atoms with van der Waals surface area (Å²) in [5.41, 5.74) is 18.7. The molecule has 1 aliphatic heterocycles. The predicted octanol–water partition coefficient (Wildman–Crippen LogP) is 4.09. The van der Waals surface area contributed by atoms with Crippen LogP contribution < -0.4 is 37.3 Å². The zero-order valence-corrected chi connectivity index (χ0v) is 29.1. The summed E-state index contributed by atoms with van der Waals surface area (Å²) in [6.07, 6.45) is 6.96. The molecule has 1 aliphatic carbocycles. The molecular weight excluding hydrogens is 608 g/mol. The third-order valence-electron chi connectivity index (χ3n) is 8.65. The first-order valence-corrected chi connectivity index (χ1v) is 17.3. The molecular formula is C36H56N8O4. The molecule has 2 aromatic rings. The number of rotatable bonds is 18. The number of carbonyl (C=O) groups is 2. The van der Waals surface area contributed by atoms with E-state index in [0.717, 1.165) is 37.1 Å². The molecule has 2 aromatic carbocycles. The average Bonchev–Trinajstić information content (AvgIpc) is 3.60. The van der Waals surface area contributed by atoms with Gasteiger partial charge in [0.25, 0.3) is 5.91 Å². The Hall–Kier alpha value is -4.19. The van der Waals surface area contributed by atoms with E-state index in [2.05, 4.69) is 20.5 Å². The lowest BCUT2D eigenvalue weighted by Gasteiger charge is -2.28. The van der Waals surface area contributed by atoms with Crippen LogP contribution in [0.1, 0.15) is 81.6 Å². The minimum Gasteiger partial charge on any atom is -0.494 e. The van der Waals surface area contributed by atoms with Crippen molar-refractivity contribution in [1.29, 1.82) is 0 Å². The van der Waals surface area contributed by atoms with Crippen molar-refractivity contribution >= 4 is 23.6 Å². The zero-order valence-electron chi connectivity index (χ0n) is 29.1. The number of nitrogens with one attached hydrogen (secondary N) is 2. The van der Waals surface area contributed by atoms with Gasteiger partial charge < -0.3 is 47.1 Å². The SMILES string of the molecule is CC(C)(C)NC(=O)N(CCCCOc1cc(N)ccc1C(=O)NCC1(CN2CCCC2)CC1)CCCOc1ccc(CN=C(N)N)cc1. The number of nitrogens with zero attached hydrogens (tertiary/aromatic N) is 3. The van der Waals surface area contributed by atoms with Crippen LogP contribution in [-0.4, -0.2) is 85.7 Å². The molecule has 1 heterocycles. The molecule has 0 spiro atoms. The van der Waals surface area contributed by atoms with Gasteiger partial charge in [-0.05, 0) is 109 Å². The molecule has 0 atom stereocenters. The topological polar surface area (TPSA) is 174 Å². The first kappa shape index (κ1) is 36.6. The van der Waals surface area contributed by atoms with E-state index in [-0.39, 0.29) is 28.9 Å². The number of unbranched alkanes of at least 4 members (excludes halogenated alkanes) is 1. The van der Waals surface area contributed by atoms with Crippen molar-refractivity contribution in [3.63, 3.8) is 0 Å². The summed E-state index contributed by atoms with van der Waals surface area (Å²) < 4.78 is 12.0. The molecule has 264 valence electrons. The van der Waals surface area contributed by atoms with Gasteiger partial charge in [-0.3, -0.25) is 4.79 Å². The van der Waals surface area contributed by atoms with Gasteiger partial charge in [-0.15, -0.1) is 0 Å². The molecule has 0 unspecified atom stereocenters. The molecule has 1 saturated heterocycles. The number of urea groups is 1. The van der Waals surface area contributed by atoms with Gasteiger partial charge in [-0.1, -0.05) is 12.1 Å². The second kappa shape index (κ2) is 17.3. The van der Waals surface area contributed by atoms with Gasteiger partial charge in [0.2, 0.25) is 0 Å². The Labute approximate surface area is 285 Å². The van der Waals surface area contributed by atoms with Crippen LogP contribution >= 0.6 is 0 Å². The third-order valence-corrected chi connectivity index (χ3v) is 8.65. The molecule has 0 bridgehead atoms. The van der Waals surface area contributed by atoms with Crippen molar-refractivity contribution in [2.45, 2.75) is 77.8 Å². The van der Waals surface area contributed by atoms with Crippen molar-refractivity contribution in [3.05, 3.63) is 53.6 Å². The van der Waals surface area contributed by atoms with Crippen LogP contribution in [0.15, 0.2) is 47.5 Å². The molecule has 0 aromatic heterocycles. The van der Waals surface area contributed by atoms with E-state index in [1.165, 1.54) is 25.9 Å². The van der Waals surface area contributed by atoms with Gasteiger partial charge in [0, 0.05) is 48.9 Å². The van der Waals surface area contributed by atoms with Crippen LogP contribution in [0.3, 0.4) is 0 Å². The van der Waals surface area contributed by atoms with E-state index in [4.69, 9.17) is 26.7 Å². The van der Waals surface area contributed by atoms with E-state index in [9.17, 15) is 9.59 Å². The highest BCUT2D eigenvalue weighted by atomic mass is 16.5. The predicted molar refractivity (Wildman–Crippen MR) is 191 cm³/mol. The van der Waals surface area contributed by atoms with Gasteiger partial charge in [0.15, 0.2) is 5.96 Å². The second-order valence-corrected chi connectivity index (χ2v) is 14.2. The Balaban J connectivity index is 1.22. The van der Waals surface area contributed by atoms with Crippen LogP contribution in [-0.2, 0) is 6.54 Å². The largest absolute Gasteiger partial charge is 0.494 e. The van der Waals surface area contributed by atoms with Crippen LogP contribution in [0.2, 0.25) is 0 Å². The fraction of sp³-hybridized carbons (Fsp3) is 0.583. The normalized spacial score (nSPS) is 15.4. The Morgan fingerprint density at radius 2 is 1.65 bits per heavy atom. The quantitative estimate of drug-likeness (QED) is 0.0686. The monoisotopic (exact) mass is 664 g/mol. The molecule has 1 saturated carbocycles. The highest BCUT2D eigenvalue weighted by Crippen LogP contribution is 2.46. The van der Waals surface area contributed by atoms with E-state index in [0.29, 0.717) is 69.2 Å². The summed E-state index contributed by atoms with van der Waals surface area (Å²) >= 11 is 0. The first-order chi connectivity index (χ1) is 22.9. The zero-order chi connectivity index (χ0) is 34.6. The van der Waals surface area contributed by atoms with Crippen LogP contribution in [0.4, 0.5) is 10.5 Å². The van der Waals surface area contributed by atoms with Crippen molar-refractivity contribution < 1.29 is 19.1 Å². The number of ether oxygens (including phenoxy) is 2. The summed E-state index contributed by atoms with van der Waals surface area (Å²) in [6, 6.07) is 12.7. The van der Waals surface area contributed by atoms with E-state index >= 15 is 0 Å². The number of amides is 3. The molecule has 2 fully saturated rings. The van der Waals surface area contributed by atoms with Crippen LogP contribution in [0, 0.1) is 5.41 Å². The summed E-state index contributed by atoms with van der Waals surface area (Å²) in [6.45, 7) is 12.4. The minimum atomic E-state index is -0.354. The number of benzene rings is 2. The number of hydrogen-bond acceptors (Lipinski definition) is 7. The number of nitrogen functional groups attached to an aromatic ring is 1. The number of guanidine groups is 1. The first-order valence-electron chi connectivity index (χ1n) is 17.3. The van der Waals surface area contributed by atoms with E-state index < -0.39 is 0 Å². The molecule has 3 amide bonds. The molecule has 12 nitrogen and oxygen atoms in total. The standard InChI is InChI=1S/C36H56N8O4/c1-35(2,3)42-34(46)44(20-8-22-47-29-12-9-27(10-13-29)24-40-33(38)39)19-6-7-21-48-31-23-28(37)11-14-30(31)32(45)41-25-36(15-16-36)26-43-17-4-5-18-43/h9-14,23H,4-8,15-22,24-26,37H2,1-3H3,(H,41,45)(H,42,46)(H4,38,39,40). The summed E-state index contributed by atoms with van der Waals surface area (Å²) in [4.78, 5) is 34.7. The Bertz CT molecular complexity index is 1360. The lowest BCUT2D eigenvalue weighted by atomic mass is 10.1. The summed E-state index contributed by atoms with van der Waals surface area (Å²) in [5, 5.41) is 6.24. The molecule has 0 radical (unpaired) electrons. The number of anilines is 1. The average molecular weight is 665 g/mol. The number of aliphatic imine (C=N–C) groups is 1. The van der Waals surface area contributed by atoms with Crippen LogP contribution in [0.5, 0.6) is 11.5 Å². The molecule has 48 heavy (non-hydrogen) atoms. The summed E-state index contributed by atoms with van der Waals surface area (Å²) in [7, 11) is 0. The smallest absolute Gasteiger partial charge is 0.317 e. The number of likely N-dealkylation sites (tertiary alicyclic amines) is 1. The Morgan fingerprint density at radius 1 is 0.958 bits per heavy atom. The van der Waals surface area contributed by atoms with Crippen LogP contribution in [0.25, 0.3) is 0 Å². The van der Waals surface area contributed by atoms with E-state index in [1.54, 1.807) is 18.2 Å². The Morgan fingerprint density at radius 3 is 2.31 bits per heavy atom. The molecule has 4 rings (SSSR count). The summed E-state index contributed by atoms with van der Waals surface area (Å²) in [5.74, 6) is 1.16. The molecule has 8 N–H and O–H groups in total. The van der Waals surface area contributed by atoms with E-state index in [1.807, 2.05) is 49.9 Å². The highest BCUT2D eigenvalue weighted by Gasteiger charge is 2.44. The van der Waals surface area contributed by atoms with Gasteiger partial charge in [0.05, 0.1) is 25.3 Å². The van der Waals surface area contributed by atoms with Gasteiger partial charge in [0.1, 0.15) is 11.5 Å². The van der Waals surface area contributed by atoms with Gasteiger partial charge >= 0.3 is 6.03 Å². The maximum absolute atomic E-state index is 13.2. The highest BCUT2D eigenvalue weighted by molar-refractivity contribution is 5.97. The lowest BCUT2D eigenvalue weighted by Crippen LogP contribution is -2.49. The van der Waals surface area contributed by atoms with Crippen molar-refractivity contribution in [2.75, 3.05) is 58.2 Å². The third kappa shape index (κ3) is 12.4. The maximum Gasteiger partial charge on any atom is 0.317 e. The van der Waals surface area contributed by atoms with Gasteiger partial charge in [-0.2, -0.15) is 0 Å². The number of hydrogen-bond donors (Lipinski definition) is 5. The van der Waals surface area contributed by atoms with Crippen molar-refractivity contribution in [3.8, 4) is 11.5 Å². The van der Waals surface area contributed by atoms with Gasteiger partial charge in [-0.25, -0.2) is 9.79 Å². The number of carbonyl (C=O) groups excluding carboxylic acids is 2. The Kier molecular flexibility index (Phi) is 13.2. The molecule has 12 heteroatoms. The fourth-order valence-corrected chi connectivity index (χ4v) is 5.81. The molecule has 2 aliphatic rings. The lowest BCUT2D eigenvalue weighted by molar-refractivity contribution is 0.0935. The maximum atomic E-state index is 13.2. The van der Waals surface area contributed by atoms with Crippen molar-refractivity contribution in [2.24, 2.45) is 21.9 Å². The second-order valence-electron chi connectivity index (χ2n) is 14.2. The fourth-order valence-electron chi connectivity index (χ4n) is 5.81.